The molecule has 1 aromatic rings. The minimum absolute atomic E-state index is 0. The van der Waals surface area contributed by atoms with E-state index in [-0.39, 0.29) is 24.2 Å². The first-order valence-electron chi connectivity index (χ1n) is 6.41. The first kappa shape index (κ1) is 17.1. The molecule has 3 heteroatoms. The highest BCUT2D eigenvalue weighted by Gasteiger charge is 2.19. The Morgan fingerprint density at radius 2 is 1.78 bits per heavy atom. The lowest BCUT2D eigenvalue weighted by molar-refractivity contribution is 0.0932. The van der Waals surface area contributed by atoms with Gasteiger partial charge in [-0.25, -0.2) is 0 Å². The first-order chi connectivity index (χ1) is 8.04. The van der Waals surface area contributed by atoms with Crippen molar-refractivity contribution in [1.29, 1.82) is 0 Å². The third-order valence-electron chi connectivity index (χ3n) is 2.76. The van der Waals surface area contributed by atoms with Crippen molar-refractivity contribution in [3.05, 3.63) is 35.4 Å². The zero-order valence-corrected chi connectivity index (χ0v) is 12.5. The minimum atomic E-state index is -0.0530. The Morgan fingerprint density at radius 1 is 1.22 bits per heavy atom. The highest BCUT2D eigenvalue weighted by Crippen LogP contribution is 2.10. The highest BCUT2D eigenvalue weighted by atomic mass is 35.5. The number of rotatable bonds is 6. The molecular formula is C15H24ClNO. The molecule has 1 N–H and O–H groups in total. The molecule has 0 saturated carbocycles. The fourth-order valence-electron chi connectivity index (χ4n) is 1.90. The lowest BCUT2D eigenvalue weighted by Crippen LogP contribution is -2.40. The maximum Gasteiger partial charge on any atom is 0.179 e. The Morgan fingerprint density at radius 3 is 2.22 bits per heavy atom. The molecule has 0 radical (unpaired) electrons. The van der Waals surface area contributed by atoms with Crippen LogP contribution in [0.2, 0.25) is 0 Å². The van der Waals surface area contributed by atoms with Crippen molar-refractivity contribution < 1.29 is 4.79 Å². The summed E-state index contributed by atoms with van der Waals surface area (Å²) in [6.45, 7) is 8.29. The SMILES string of the molecule is CCCC(NC(C)C)C(=O)c1ccc(C)cc1.Cl. The van der Waals surface area contributed by atoms with Crippen LogP contribution in [0.25, 0.3) is 0 Å². The van der Waals surface area contributed by atoms with Gasteiger partial charge in [-0.05, 0) is 13.3 Å². The molecule has 0 aliphatic heterocycles. The van der Waals surface area contributed by atoms with Gasteiger partial charge in [-0.1, -0.05) is 57.0 Å². The summed E-state index contributed by atoms with van der Waals surface area (Å²) in [6.07, 6.45) is 1.91. The smallest absolute Gasteiger partial charge is 0.179 e. The molecule has 0 aliphatic rings. The van der Waals surface area contributed by atoms with Crippen LogP contribution in [0.3, 0.4) is 0 Å². The predicted molar refractivity (Wildman–Crippen MR) is 79.7 cm³/mol. The molecule has 0 bridgehead atoms. The number of carbonyl (C=O) groups is 1. The van der Waals surface area contributed by atoms with Crippen LogP contribution in [0.4, 0.5) is 0 Å². The first-order valence-corrected chi connectivity index (χ1v) is 6.41. The predicted octanol–water partition coefficient (Wildman–Crippen LogP) is 3.77. The van der Waals surface area contributed by atoms with E-state index in [2.05, 4.69) is 26.1 Å². The molecule has 0 aromatic heterocycles. The van der Waals surface area contributed by atoms with Crippen molar-refractivity contribution in [3.63, 3.8) is 0 Å². The van der Waals surface area contributed by atoms with Crippen LogP contribution >= 0.6 is 12.4 Å². The number of nitrogens with one attached hydrogen (secondary N) is 1. The van der Waals surface area contributed by atoms with Crippen LogP contribution in [-0.2, 0) is 0 Å². The second kappa shape index (κ2) is 8.28. The summed E-state index contributed by atoms with van der Waals surface area (Å²) in [5.41, 5.74) is 1.99. The fraction of sp³-hybridized carbons (Fsp3) is 0.533. The molecule has 18 heavy (non-hydrogen) atoms. The van der Waals surface area contributed by atoms with E-state index in [1.54, 1.807) is 0 Å². The molecule has 0 aliphatic carbocycles. The van der Waals surface area contributed by atoms with E-state index in [0.717, 1.165) is 18.4 Å². The van der Waals surface area contributed by atoms with E-state index < -0.39 is 0 Å². The number of aryl methyl sites for hydroxylation is 1. The molecule has 102 valence electrons. The van der Waals surface area contributed by atoms with Crippen LogP contribution in [0, 0.1) is 6.92 Å². The quantitative estimate of drug-likeness (QED) is 0.797. The van der Waals surface area contributed by atoms with E-state index in [1.165, 1.54) is 5.56 Å². The second-order valence-corrected chi connectivity index (χ2v) is 4.89. The van der Waals surface area contributed by atoms with Crippen molar-refractivity contribution in [2.24, 2.45) is 0 Å². The molecule has 0 heterocycles. The number of carbonyl (C=O) groups excluding carboxylic acids is 1. The van der Waals surface area contributed by atoms with Crippen molar-refractivity contribution in [2.75, 3.05) is 0 Å². The van der Waals surface area contributed by atoms with E-state index in [4.69, 9.17) is 0 Å². The number of hydrogen-bond donors (Lipinski definition) is 1. The molecule has 1 atom stereocenters. The molecule has 1 rings (SSSR count). The van der Waals surface area contributed by atoms with Gasteiger partial charge < -0.3 is 5.32 Å². The Labute approximate surface area is 117 Å². The highest BCUT2D eigenvalue weighted by molar-refractivity contribution is 6.00. The van der Waals surface area contributed by atoms with Gasteiger partial charge in [-0.3, -0.25) is 4.79 Å². The van der Waals surface area contributed by atoms with Gasteiger partial charge in [0.05, 0.1) is 6.04 Å². The average molecular weight is 270 g/mol. The monoisotopic (exact) mass is 269 g/mol. The summed E-state index contributed by atoms with van der Waals surface area (Å²) < 4.78 is 0. The number of hydrogen-bond acceptors (Lipinski definition) is 2. The van der Waals surface area contributed by atoms with Crippen molar-refractivity contribution >= 4 is 18.2 Å². The van der Waals surface area contributed by atoms with Crippen LogP contribution in [0.5, 0.6) is 0 Å². The molecule has 0 saturated heterocycles. The van der Waals surface area contributed by atoms with Crippen LogP contribution in [-0.4, -0.2) is 17.9 Å². The Hall–Kier alpha value is -0.860. The lowest BCUT2D eigenvalue weighted by Gasteiger charge is -2.19. The summed E-state index contributed by atoms with van der Waals surface area (Å²) in [5, 5.41) is 3.34. The van der Waals surface area contributed by atoms with Crippen LogP contribution in [0.1, 0.15) is 49.5 Å². The maximum atomic E-state index is 12.3. The van der Waals surface area contributed by atoms with E-state index in [0.29, 0.717) is 6.04 Å². The molecule has 0 amide bonds. The number of halogens is 1. The third-order valence-corrected chi connectivity index (χ3v) is 2.76. The van der Waals surface area contributed by atoms with Gasteiger partial charge in [0, 0.05) is 11.6 Å². The Kier molecular flexibility index (Phi) is 7.88. The van der Waals surface area contributed by atoms with Gasteiger partial charge in [0.25, 0.3) is 0 Å². The normalized spacial score (nSPS) is 12.1. The summed E-state index contributed by atoms with van der Waals surface area (Å²) in [6, 6.07) is 8.10. The van der Waals surface area contributed by atoms with E-state index in [1.807, 2.05) is 31.2 Å². The summed E-state index contributed by atoms with van der Waals surface area (Å²) in [4.78, 5) is 12.3. The summed E-state index contributed by atoms with van der Waals surface area (Å²) in [5.74, 6) is 0.209. The molecule has 1 unspecified atom stereocenters. The van der Waals surface area contributed by atoms with Gasteiger partial charge in [-0.15, -0.1) is 12.4 Å². The van der Waals surface area contributed by atoms with Gasteiger partial charge in [0.1, 0.15) is 0 Å². The van der Waals surface area contributed by atoms with Gasteiger partial charge >= 0.3 is 0 Å². The second-order valence-electron chi connectivity index (χ2n) is 4.89. The summed E-state index contributed by atoms with van der Waals surface area (Å²) >= 11 is 0. The van der Waals surface area contributed by atoms with Crippen LogP contribution in [0.15, 0.2) is 24.3 Å². The standard InChI is InChI=1S/C15H23NO.ClH/c1-5-6-14(16-11(2)3)15(17)13-9-7-12(4)8-10-13;/h7-11,14,16H,5-6H2,1-4H3;1H. The Bertz CT molecular complexity index is 359. The maximum absolute atomic E-state index is 12.3. The van der Waals surface area contributed by atoms with Crippen molar-refractivity contribution in [1.82, 2.24) is 5.32 Å². The molecule has 0 fully saturated rings. The largest absolute Gasteiger partial charge is 0.305 e. The van der Waals surface area contributed by atoms with E-state index >= 15 is 0 Å². The molecule has 2 nitrogen and oxygen atoms in total. The number of ketones is 1. The fourth-order valence-corrected chi connectivity index (χ4v) is 1.90. The molecular weight excluding hydrogens is 246 g/mol. The van der Waals surface area contributed by atoms with Crippen molar-refractivity contribution in [3.8, 4) is 0 Å². The number of Topliss-reactive ketones (excluding diaryl/α,β-unsaturated/α-hetero) is 1. The Balaban J connectivity index is 0.00000289. The topological polar surface area (TPSA) is 29.1 Å². The average Bonchev–Trinajstić information content (AvgIpc) is 2.28. The zero-order chi connectivity index (χ0) is 12.8. The summed E-state index contributed by atoms with van der Waals surface area (Å²) in [7, 11) is 0. The van der Waals surface area contributed by atoms with Gasteiger partial charge in [0.2, 0.25) is 0 Å². The van der Waals surface area contributed by atoms with Crippen molar-refractivity contribution in [2.45, 2.75) is 52.6 Å². The third kappa shape index (κ3) is 5.19. The van der Waals surface area contributed by atoms with Crippen LogP contribution < -0.4 is 5.32 Å². The van der Waals surface area contributed by atoms with Gasteiger partial charge in [-0.2, -0.15) is 0 Å². The van der Waals surface area contributed by atoms with E-state index in [9.17, 15) is 4.79 Å². The zero-order valence-electron chi connectivity index (χ0n) is 11.7. The number of benzene rings is 1. The lowest BCUT2D eigenvalue weighted by atomic mass is 9.99. The molecule has 1 aromatic carbocycles. The molecule has 0 spiro atoms. The van der Waals surface area contributed by atoms with Gasteiger partial charge in [0.15, 0.2) is 5.78 Å². The minimum Gasteiger partial charge on any atom is -0.305 e.